The number of amides is 1. The van der Waals surface area contributed by atoms with Crippen molar-refractivity contribution in [3.63, 3.8) is 0 Å². The van der Waals surface area contributed by atoms with Crippen LogP contribution in [0.5, 0.6) is 0 Å². The SMILES string of the molecule is NC(=O)c1cc(F)cc2cn(-c3ccc([C@@H]4CNC[C@@H](F)C4)cc3)nc12. The van der Waals surface area contributed by atoms with Crippen molar-refractivity contribution in [3.05, 3.63) is 59.5 Å². The summed E-state index contributed by atoms with van der Waals surface area (Å²) in [6.07, 6.45) is 1.34. The number of halogens is 2. The van der Waals surface area contributed by atoms with Gasteiger partial charge < -0.3 is 11.1 Å². The van der Waals surface area contributed by atoms with Gasteiger partial charge in [-0.05, 0) is 42.2 Å². The third kappa shape index (κ3) is 3.06. The number of nitrogens with zero attached hydrogens (tertiary/aromatic N) is 2. The molecule has 1 aliphatic rings. The van der Waals surface area contributed by atoms with Gasteiger partial charge in [0, 0.05) is 24.7 Å². The summed E-state index contributed by atoms with van der Waals surface area (Å²) in [6, 6.07) is 10.1. The van der Waals surface area contributed by atoms with Crippen molar-refractivity contribution in [1.82, 2.24) is 15.1 Å². The summed E-state index contributed by atoms with van der Waals surface area (Å²) in [5, 5.41) is 7.97. The predicted octanol–water partition coefficient (Wildman–Crippen LogP) is 2.68. The summed E-state index contributed by atoms with van der Waals surface area (Å²) >= 11 is 0. The number of aromatic nitrogens is 2. The van der Waals surface area contributed by atoms with Crippen LogP contribution < -0.4 is 11.1 Å². The number of benzene rings is 2. The Kier molecular flexibility index (Phi) is 4.16. The Labute approximate surface area is 148 Å². The normalized spacial score (nSPS) is 20.4. The molecule has 1 aromatic heterocycles. The molecular formula is C19H18F2N4O. The minimum Gasteiger partial charge on any atom is -0.366 e. The number of nitrogens with two attached hydrogens (primary N) is 1. The molecule has 4 rings (SSSR count). The summed E-state index contributed by atoms with van der Waals surface area (Å²) in [7, 11) is 0. The second-order valence-corrected chi connectivity index (χ2v) is 6.61. The molecule has 3 N–H and O–H groups in total. The van der Waals surface area contributed by atoms with E-state index in [4.69, 9.17) is 5.73 Å². The first-order valence-corrected chi connectivity index (χ1v) is 8.45. The maximum atomic E-state index is 13.7. The quantitative estimate of drug-likeness (QED) is 0.758. The molecule has 0 saturated carbocycles. The summed E-state index contributed by atoms with van der Waals surface area (Å²) in [5.74, 6) is -1.12. The number of fused-ring (bicyclic) bond motifs is 1. The van der Waals surface area contributed by atoms with Crippen LogP contribution in [0.2, 0.25) is 0 Å². The van der Waals surface area contributed by atoms with Crippen LogP contribution in [0.25, 0.3) is 16.6 Å². The Morgan fingerprint density at radius 3 is 2.69 bits per heavy atom. The molecule has 2 atom stereocenters. The fraction of sp³-hybridized carbons (Fsp3) is 0.263. The van der Waals surface area contributed by atoms with Crippen molar-refractivity contribution in [3.8, 4) is 5.69 Å². The third-order valence-electron chi connectivity index (χ3n) is 4.76. The summed E-state index contributed by atoms with van der Waals surface area (Å²) < 4.78 is 28.8. The van der Waals surface area contributed by atoms with Crippen LogP contribution in [0.15, 0.2) is 42.6 Å². The van der Waals surface area contributed by atoms with Crippen molar-refractivity contribution in [2.45, 2.75) is 18.5 Å². The van der Waals surface area contributed by atoms with Gasteiger partial charge in [-0.2, -0.15) is 5.10 Å². The van der Waals surface area contributed by atoms with Crippen LogP contribution in [0, 0.1) is 5.82 Å². The van der Waals surface area contributed by atoms with Crippen molar-refractivity contribution in [2.75, 3.05) is 13.1 Å². The molecule has 2 heterocycles. The van der Waals surface area contributed by atoms with Gasteiger partial charge in [-0.3, -0.25) is 4.79 Å². The molecule has 0 bridgehead atoms. The minimum atomic E-state index is -0.827. The van der Waals surface area contributed by atoms with E-state index in [9.17, 15) is 13.6 Å². The maximum absolute atomic E-state index is 13.7. The van der Waals surface area contributed by atoms with E-state index in [0.29, 0.717) is 23.9 Å². The van der Waals surface area contributed by atoms with Gasteiger partial charge in [-0.1, -0.05) is 12.1 Å². The topological polar surface area (TPSA) is 72.9 Å². The number of alkyl halides is 1. The zero-order chi connectivity index (χ0) is 18.3. The monoisotopic (exact) mass is 356 g/mol. The molecule has 1 aliphatic heterocycles. The molecule has 0 unspecified atom stereocenters. The number of rotatable bonds is 3. The average molecular weight is 356 g/mol. The van der Waals surface area contributed by atoms with Gasteiger partial charge >= 0.3 is 0 Å². The lowest BCUT2D eigenvalue weighted by Crippen LogP contribution is -2.36. The first kappa shape index (κ1) is 16.7. The fourth-order valence-electron chi connectivity index (χ4n) is 3.46. The first-order chi connectivity index (χ1) is 12.5. The molecule has 7 heteroatoms. The smallest absolute Gasteiger partial charge is 0.251 e. The molecule has 1 fully saturated rings. The molecule has 0 radical (unpaired) electrons. The van der Waals surface area contributed by atoms with Crippen LogP contribution in [-0.4, -0.2) is 34.9 Å². The highest BCUT2D eigenvalue weighted by atomic mass is 19.1. The molecule has 1 saturated heterocycles. The number of primary amides is 1. The predicted molar refractivity (Wildman–Crippen MR) is 94.7 cm³/mol. The van der Waals surface area contributed by atoms with Gasteiger partial charge in [0.1, 0.15) is 17.5 Å². The minimum absolute atomic E-state index is 0.0534. The number of hydrogen-bond acceptors (Lipinski definition) is 3. The lowest BCUT2D eigenvalue weighted by Gasteiger charge is -2.26. The van der Waals surface area contributed by atoms with Gasteiger partial charge in [0.15, 0.2) is 0 Å². The number of carbonyl (C=O) groups excluding carboxylic acids is 1. The first-order valence-electron chi connectivity index (χ1n) is 8.45. The average Bonchev–Trinajstić information content (AvgIpc) is 3.04. The Balaban J connectivity index is 1.67. The number of nitrogens with one attached hydrogen (secondary N) is 1. The molecule has 5 nitrogen and oxygen atoms in total. The standard InChI is InChI=1S/C19H18F2N4O/c20-14-6-13-10-25(24-18(13)17(7-14)19(22)26)16-3-1-11(2-4-16)12-5-15(21)9-23-8-12/h1-4,6-7,10,12,15,23H,5,8-9H2,(H2,22,26)/t12-,15-/m0/s1. The van der Waals surface area contributed by atoms with Crippen LogP contribution in [-0.2, 0) is 0 Å². The largest absolute Gasteiger partial charge is 0.366 e. The highest BCUT2D eigenvalue weighted by Gasteiger charge is 2.22. The molecular weight excluding hydrogens is 338 g/mol. The van der Waals surface area contributed by atoms with E-state index in [0.717, 1.165) is 23.9 Å². The van der Waals surface area contributed by atoms with E-state index < -0.39 is 17.9 Å². The van der Waals surface area contributed by atoms with Gasteiger partial charge in [-0.25, -0.2) is 13.5 Å². The molecule has 3 aromatic rings. The highest BCUT2D eigenvalue weighted by molar-refractivity contribution is 6.04. The van der Waals surface area contributed by atoms with Gasteiger partial charge in [0.2, 0.25) is 0 Å². The molecule has 134 valence electrons. The zero-order valence-electron chi connectivity index (χ0n) is 14.0. The van der Waals surface area contributed by atoms with E-state index in [1.807, 2.05) is 24.3 Å². The maximum Gasteiger partial charge on any atom is 0.251 e. The van der Waals surface area contributed by atoms with Crippen LogP contribution in [0.4, 0.5) is 8.78 Å². The molecule has 1 amide bonds. The van der Waals surface area contributed by atoms with Crippen LogP contribution in [0.3, 0.4) is 0 Å². The van der Waals surface area contributed by atoms with Crippen molar-refractivity contribution in [1.29, 1.82) is 0 Å². The highest BCUT2D eigenvalue weighted by Crippen LogP contribution is 2.26. The second kappa shape index (κ2) is 6.49. The molecule has 0 aliphatic carbocycles. The Morgan fingerprint density at radius 1 is 1.23 bits per heavy atom. The molecule has 26 heavy (non-hydrogen) atoms. The van der Waals surface area contributed by atoms with E-state index in [1.54, 1.807) is 10.9 Å². The number of hydrogen-bond donors (Lipinski definition) is 2. The number of carbonyl (C=O) groups is 1. The van der Waals surface area contributed by atoms with E-state index in [1.165, 1.54) is 6.07 Å². The Hall–Kier alpha value is -2.80. The van der Waals surface area contributed by atoms with Gasteiger partial charge in [0.25, 0.3) is 5.91 Å². The fourth-order valence-corrected chi connectivity index (χ4v) is 3.46. The number of piperidine rings is 1. The van der Waals surface area contributed by atoms with E-state index in [2.05, 4.69) is 10.4 Å². The van der Waals surface area contributed by atoms with Crippen molar-refractivity contribution >= 4 is 16.8 Å². The summed E-state index contributed by atoms with van der Waals surface area (Å²) in [6.45, 7) is 1.17. The van der Waals surface area contributed by atoms with E-state index >= 15 is 0 Å². The van der Waals surface area contributed by atoms with Crippen molar-refractivity contribution < 1.29 is 13.6 Å². The lowest BCUT2D eigenvalue weighted by molar-refractivity contribution is 0.100. The van der Waals surface area contributed by atoms with Crippen LogP contribution >= 0.6 is 0 Å². The van der Waals surface area contributed by atoms with E-state index in [-0.39, 0.29) is 11.5 Å². The lowest BCUT2D eigenvalue weighted by atomic mass is 9.91. The Morgan fingerprint density at radius 2 is 2.00 bits per heavy atom. The van der Waals surface area contributed by atoms with Crippen LogP contribution in [0.1, 0.15) is 28.3 Å². The Bertz CT molecular complexity index is 968. The molecule has 2 aromatic carbocycles. The second-order valence-electron chi connectivity index (χ2n) is 6.61. The third-order valence-corrected chi connectivity index (χ3v) is 4.76. The van der Waals surface area contributed by atoms with Gasteiger partial charge in [-0.15, -0.1) is 0 Å². The molecule has 0 spiro atoms. The summed E-state index contributed by atoms with van der Waals surface area (Å²) in [5.41, 5.74) is 7.56. The van der Waals surface area contributed by atoms with Gasteiger partial charge in [0.05, 0.1) is 11.3 Å². The van der Waals surface area contributed by atoms with Crippen molar-refractivity contribution in [2.24, 2.45) is 5.73 Å². The summed E-state index contributed by atoms with van der Waals surface area (Å²) in [4.78, 5) is 11.5. The zero-order valence-corrected chi connectivity index (χ0v) is 14.0.